The number of hydrogen-bond acceptors (Lipinski definition) is 5. The molecule has 0 saturated heterocycles. The molecule has 5 nitrogen and oxygen atoms in total. The lowest BCUT2D eigenvalue weighted by molar-refractivity contribution is -0.145. The summed E-state index contributed by atoms with van der Waals surface area (Å²) >= 11 is 0. The van der Waals surface area contributed by atoms with Crippen LogP contribution < -0.4 is 15.2 Å². The second-order valence-electron chi connectivity index (χ2n) is 4.34. The zero-order valence-electron chi connectivity index (χ0n) is 11.8. The number of benzene rings is 1. The van der Waals surface area contributed by atoms with E-state index in [0.717, 1.165) is 5.56 Å². The monoisotopic (exact) mass is 267 g/mol. The van der Waals surface area contributed by atoms with Gasteiger partial charge in [0.15, 0.2) is 0 Å². The van der Waals surface area contributed by atoms with Gasteiger partial charge in [-0.3, -0.25) is 4.79 Å². The second kappa shape index (κ2) is 6.99. The fourth-order valence-electron chi connectivity index (χ4n) is 2.04. The van der Waals surface area contributed by atoms with Gasteiger partial charge in [0.1, 0.15) is 11.5 Å². The van der Waals surface area contributed by atoms with Crippen molar-refractivity contribution >= 4 is 5.97 Å². The average Bonchev–Trinajstić information content (AvgIpc) is 2.44. The molecule has 0 saturated carbocycles. The Morgan fingerprint density at radius 1 is 1.21 bits per heavy atom. The Bertz CT molecular complexity index is 411. The minimum absolute atomic E-state index is 0.274. The van der Waals surface area contributed by atoms with Gasteiger partial charge in [0.25, 0.3) is 0 Å². The number of carbonyl (C=O) groups excluding carboxylic acids is 1. The molecule has 0 fully saturated rings. The van der Waals surface area contributed by atoms with E-state index in [2.05, 4.69) is 0 Å². The van der Waals surface area contributed by atoms with E-state index in [9.17, 15) is 4.79 Å². The van der Waals surface area contributed by atoms with Crippen molar-refractivity contribution in [2.24, 2.45) is 11.7 Å². The lowest BCUT2D eigenvalue weighted by Crippen LogP contribution is -2.21. The van der Waals surface area contributed by atoms with E-state index in [1.165, 1.54) is 7.11 Å². The second-order valence-corrected chi connectivity index (χ2v) is 4.34. The highest BCUT2D eigenvalue weighted by molar-refractivity contribution is 5.71. The van der Waals surface area contributed by atoms with E-state index < -0.39 is 0 Å². The van der Waals surface area contributed by atoms with Crippen molar-refractivity contribution in [1.29, 1.82) is 0 Å². The van der Waals surface area contributed by atoms with E-state index >= 15 is 0 Å². The van der Waals surface area contributed by atoms with E-state index in [1.807, 2.05) is 18.2 Å². The van der Waals surface area contributed by atoms with Crippen molar-refractivity contribution in [2.75, 3.05) is 21.3 Å². The van der Waals surface area contributed by atoms with Crippen LogP contribution in [-0.4, -0.2) is 27.3 Å². The van der Waals surface area contributed by atoms with Gasteiger partial charge in [0.2, 0.25) is 0 Å². The number of methoxy groups -OCH3 is 3. The predicted molar refractivity (Wildman–Crippen MR) is 72.3 cm³/mol. The van der Waals surface area contributed by atoms with E-state index in [-0.39, 0.29) is 17.9 Å². The molecular formula is C14H21NO4. The van der Waals surface area contributed by atoms with Crippen LogP contribution in [0.2, 0.25) is 0 Å². The van der Waals surface area contributed by atoms with Gasteiger partial charge < -0.3 is 19.9 Å². The normalized spacial score (nSPS) is 13.5. The molecule has 0 heterocycles. The van der Waals surface area contributed by atoms with Crippen molar-refractivity contribution in [3.8, 4) is 11.5 Å². The summed E-state index contributed by atoms with van der Waals surface area (Å²) < 4.78 is 15.3. The standard InChI is InChI=1S/C14H21NO4/c1-9(14(16)19-4)8-10(15)13-11(17-2)6-5-7-12(13)18-3/h5-7,9-10H,8,15H2,1-4H3. The largest absolute Gasteiger partial charge is 0.496 e. The molecule has 2 unspecified atom stereocenters. The van der Waals surface area contributed by atoms with E-state index in [0.29, 0.717) is 17.9 Å². The topological polar surface area (TPSA) is 70.8 Å². The summed E-state index contributed by atoms with van der Waals surface area (Å²) in [7, 11) is 4.53. The Hall–Kier alpha value is -1.75. The fraction of sp³-hybridized carbons (Fsp3) is 0.500. The lowest BCUT2D eigenvalue weighted by atomic mass is 9.95. The molecule has 19 heavy (non-hydrogen) atoms. The molecule has 5 heteroatoms. The van der Waals surface area contributed by atoms with Crippen LogP contribution in [0.1, 0.15) is 24.9 Å². The molecular weight excluding hydrogens is 246 g/mol. The van der Waals surface area contributed by atoms with Gasteiger partial charge in [-0.05, 0) is 18.6 Å². The first-order chi connectivity index (χ1) is 9.04. The predicted octanol–water partition coefficient (Wildman–Crippen LogP) is 1.90. The molecule has 1 aromatic carbocycles. The van der Waals surface area contributed by atoms with Crippen LogP contribution >= 0.6 is 0 Å². The lowest BCUT2D eigenvalue weighted by Gasteiger charge is -2.20. The summed E-state index contributed by atoms with van der Waals surface area (Å²) in [4.78, 5) is 11.4. The number of rotatable bonds is 6. The van der Waals surface area contributed by atoms with Crippen LogP contribution in [0.25, 0.3) is 0 Å². The van der Waals surface area contributed by atoms with Gasteiger partial charge in [-0.1, -0.05) is 13.0 Å². The maximum absolute atomic E-state index is 11.4. The van der Waals surface area contributed by atoms with E-state index in [1.54, 1.807) is 21.1 Å². The van der Waals surface area contributed by atoms with Gasteiger partial charge in [-0.25, -0.2) is 0 Å². The first-order valence-corrected chi connectivity index (χ1v) is 6.09. The third kappa shape index (κ3) is 3.61. The SMILES string of the molecule is COC(=O)C(C)CC(N)c1c(OC)cccc1OC. The zero-order valence-corrected chi connectivity index (χ0v) is 11.8. The van der Waals surface area contributed by atoms with Crippen molar-refractivity contribution in [1.82, 2.24) is 0 Å². The molecule has 0 aliphatic heterocycles. The molecule has 0 aromatic heterocycles. The van der Waals surface area contributed by atoms with Crippen molar-refractivity contribution in [3.63, 3.8) is 0 Å². The summed E-state index contributed by atoms with van der Waals surface area (Å²) in [5, 5.41) is 0. The molecule has 0 spiro atoms. The minimum atomic E-state index is -0.361. The molecule has 1 aromatic rings. The number of ether oxygens (including phenoxy) is 3. The van der Waals surface area contributed by atoms with Crippen LogP contribution in [0.4, 0.5) is 0 Å². The van der Waals surface area contributed by atoms with Crippen molar-refractivity contribution in [2.45, 2.75) is 19.4 Å². The molecule has 1 rings (SSSR count). The molecule has 0 aliphatic carbocycles. The highest BCUT2D eigenvalue weighted by atomic mass is 16.5. The Kier molecular flexibility index (Phi) is 5.63. The molecule has 0 radical (unpaired) electrons. The first-order valence-electron chi connectivity index (χ1n) is 6.09. The van der Waals surface area contributed by atoms with Crippen LogP contribution in [0.15, 0.2) is 18.2 Å². The third-order valence-electron chi connectivity index (χ3n) is 3.05. The van der Waals surface area contributed by atoms with Gasteiger partial charge in [-0.2, -0.15) is 0 Å². The van der Waals surface area contributed by atoms with Gasteiger partial charge in [-0.15, -0.1) is 0 Å². The quantitative estimate of drug-likeness (QED) is 0.797. The van der Waals surface area contributed by atoms with Gasteiger partial charge >= 0.3 is 5.97 Å². The number of carbonyl (C=O) groups is 1. The third-order valence-corrected chi connectivity index (χ3v) is 3.05. The Morgan fingerprint density at radius 2 is 1.74 bits per heavy atom. The van der Waals surface area contributed by atoms with Crippen LogP contribution in [0.5, 0.6) is 11.5 Å². The number of hydrogen-bond donors (Lipinski definition) is 1. The highest BCUT2D eigenvalue weighted by Crippen LogP contribution is 2.35. The molecule has 2 N–H and O–H groups in total. The van der Waals surface area contributed by atoms with Crippen LogP contribution in [-0.2, 0) is 9.53 Å². The molecule has 0 amide bonds. The first kappa shape index (κ1) is 15.3. The maximum Gasteiger partial charge on any atom is 0.308 e. The molecule has 106 valence electrons. The average molecular weight is 267 g/mol. The van der Waals surface area contributed by atoms with Gasteiger partial charge in [0, 0.05) is 6.04 Å². The summed E-state index contributed by atoms with van der Waals surface area (Å²) in [5.41, 5.74) is 6.94. The van der Waals surface area contributed by atoms with Crippen molar-refractivity contribution in [3.05, 3.63) is 23.8 Å². The van der Waals surface area contributed by atoms with Crippen molar-refractivity contribution < 1.29 is 19.0 Å². The smallest absolute Gasteiger partial charge is 0.308 e. The van der Waals surface area contributed by atoms with Crippen LogP contribution in [0.3, 0.4) is 0 Å². The molecule has 2 atom stereocenters. The zero-order chi connectivity index (χ0) is 14.4. The maximum atomic E-state index is 11.4. The Morgan fingerprint density at radius 3 is 2.16 bits per heavy atom. The summed E-state index contributed by atoms with van der Waals surface area (Å²) in [5.74, 6) is 0.756. The Labute approximate surface area is 113 Å². The highest BCUT2D eigenvalue weighted by Gasteiger charge is 2.23. The summed E-state index contributed by atoms with van der Waals surface area (Å²) in [6.07, 6.45) is 0.462. The van der Waals surface area contributed by atoms with E-state index in [4.69, 9.17) is 19.9 Å². The Balaban J connectivity index is 2.98. The number of esters is 1. The summed E-state index contributed by atoms with van der Waals surface area (Å²) in [6, 6.07) is 5.11. The minimum Gasteiger partial charge on any atom is -0.496 e. The molecule has 0 bridgehead atoms. The fourth-order valence-corrected chi connectivity index (χ4v) is 2.04. The summed E-state index contributed by atoms with van der Waals surface area (Å²) in [6.45, 7) is 1.79. The van der Waals surface area contributed by atoms with Gasteiger partial charge in [0.05, 0.1) is 32.8 Å². The number of nitrogens with two attached hydrogens (primary N) is 1. The molecule has 0 aliphatic rings. The van der Waals surface area contributed by atoms with Crippen LogP contribution in [0, 0.1) is 5.92 Å².